The van der Waals surface area contributed by atoms with Crippen LogP contribution in [0.3, 0.4) is 0 Å². The van der Waals surface area contributed by atoms with Gasteiger partial charge in [-0.05, 0) is 31.5 Å². The number of hydrogen-bond acceptors (Lipinski definition) is 6. The van der Waals surface area contributed by atoms with E-state index in [1.165, 1.54) is 11.3 Å². The maximum atomic E-state index is 12.2. The molecular formula is C19H17N5O2S. The minimum Gasteiger partial charge on any atom is -0.483 e. The molecule has 0 fully saturated rings. The minimum absolute atomic E-state index is 0.0876. The summed E-state index contributed by atoms with van der Waals surface area (Å²) in [5.41, 5.74) is 3.03. The van der Waals surface area contributed by atoms with Crippen LogP contribution in [0.15, 0.2) is 48.5 Å². The van der Waals surface area contributed by atoms with Gasteiger partial charge in [0.05, 0.1) is 0 Å². The van der Waals surface area contributed by atoms with Crippen molar-refractivity contribution in [2.45, 2.75) is 13.8 Å². The van der Waals surface area contributed by atoms with Gasteiger partial charge in [0.15, 0.2) is 12.4 Å². The number of rotatable bonds is 5. The van der Waals surface area contributed by atoms with Crippen LogP contribution < -0.4 is 10.1 Å². The molecule has 1 amide bonds. The van der Waals surface area contributed by atoms with Gasteiger partial charge in [-0.25, -0.2) is 0 Å². The maximum absolute atomic E-state index is 12.2. The molecule has 27 heavy (non-hydrogen) atoms. The number of nitrogens with zero attached hydrogens (tertiary/aromatic N) is 4. The Morgan fingerprint density at radius 1 is 1.15 bits per heavy atom. The molecule has 1 N–H and O–H groups in total. The number of carbonyl (C=O) groups excluding carboxylic acids is 1. The third-order valence-electron chi connectivity index (χ3n) is 3.97. The van der Waals surface area contributed by atoms with Crippen molar-refractivity contribution in [1.82, 2.24) is 19.8 Å². The number of carbonyl (C=O) groups is 1. The third-order valence-corrected chi connectivity index (χ3v) is 4.78. The van der Waals surface area contributed by atoms with Crippen molar-refractivity contribution in [2.75, 3.05) is 11.9 Å². The van der Waals surface area contributed by atoms with E-state index >= 15 is 0 Å². The molecule has 4 aromatic rings. The van der Waals surface area contributed by atoms with E-state index in [-0.39, 0.29) is 12.5 Å². The summed E-state index contributed by atoms with van der Waals surface area (Å²) < 4.78 is 7.20. The zero-order valence-corrected chi connectivity index (χ0v) is 15.7. The van der Waals surface area contributed by atoms with Crippen LogP contribution in [0.2, 0.25) is 0 Å². The second kappa shape index (κ2) is 7.16. The van der Waals surface area contributed by atoms with E-state index in [2.05, 4.69) is 20.6 Å². The molecule has 4 rings (SSSR count). The van der Waals surface area contributed by atoms with Crippen LogP contribution in [-0.2, 0) is 4.79 Å². The average molecular weight is 379 g/mol. The molecule has 8 heteroatoms. The van der Waals surface area contributed by atoms with Crippen LogP contribution in [0, 0.1) is 13.8 Å². The lowest BCUT2D eigenvalue weighted by Gasteiger charge is -2.07. The van der Waals surface area contributed by atoms with Crippen LogP contribution in [0.1, 0.15) is 11.1 Å². The van der Waals surface area contributed by atoms with E-state index in [1.54, 1.807) is 4.52 Å². The van der Waals surface area contributed by atoms with Gasteiger partial charge in [-0.15, -0.1) is 15.3 Å². The molecule has 0 aliphatic rings. The van der Waals surface area contributed by atoms with Crippen molar-refractivity contribution in [3.05, 3.63) is 59.7 Å². The van der Waals surface area contributed by atoms with Gasteiger partial charge in [0.25, 0.3) is 5.91 Å². The molecular weight excluding hydrogens is 362 g/mol. The number of para-hydroxylation sites is 1. The highest BCUT2D eigenvalue weighted by Crippen LogP contribution is 2.24. The molecule has 0 atom stereocenters. The lowest BCUT2D eigenvalue weighted by molar-refractivity contribution is -0.118. The first-order valence-corrected chi connectivity index (χ1v) is 9.19. The van der Waals surface area contributed by atoms with Crippen molar-refractivity contribution in [3.63, 3.8) is 0 Å². The number of amides is 1. The Bertz CT molecular complexity index is 1120. The Morgan fingerprint density at radius 3 is 2.81 bits per heavy atom. The summed E-state index contributed by atoms with van der Waals surface area (Å²) in [4.78, 5) is 12.8. The molecule has 0 spiro atoms. The molecule has 2 heterocycles. The van der Waals surface area contributed by atoms with Crippen molar-refractivity contribution >= 4 is 27.3 Å². The van der Waals surface area contributed by atoms with Crippen LogP contribution in [0.25, 0.3) is 16.3 Å². The van der Waals surface area contributed by atoms with Crippen molar-refractivity contribution in [2.24, 2.45) is 0 Å². The van der Waals surface area contributed by atoms with Gasteiger partial charge in [-0.1, -0.05) is 53.3 Å². The van der Waals surface area contributed by atoms with E-state index in [0.717, 1.165) is 16.7 Å². The van der Waals surface area contributed by atoms with Crippen LogP contribution in [0.5, 0.6) is 5.75 Å². The van der Waals surface area contributed by atoms with Gasteiger partial charge >= 0.3 is 0 Å². The van der Waals surface area contributed by atoms with Crippen LogP contribution >= 0.6 is 11.3 Å². The van der Waals surface area contributed by atoms with E-state index in [1.807, 2.05) is 62.4 Å². The van der Waals surface area contributed by atoms with Crippen molar-refractivity contribution < 1.29 is 9.53 Å². The number of benzene rings is 2. The van der Waals surface area contributed by atoms with Gasteiger partial charge in [-0.3, -0.25) is 10.1 Å². The summed E-state index contributed by atoms with van der Waals surface area (Å²) >= 11 is 1.26. The van der Waals surface area contributed by atoms with E-state index < -0.39 is 0 Å². The second-order valence-electron chi connectivity index (χ2n) is 6.10. The van der Waals surface area contributed by atoms with Crippen molar-refractivity contribution in [1.29, 1.82) is 0 Å². The highest BCUT2D eigenvalue weighted by molar-refractivity contribution is 7.20. The average Bonchev–Trinajstić information content (AvgIpc) is 3.21. The number of ether oxygens (including phenoxy) is 1. The molecule has 0 saturated carbocycles. The molecule has 0 radical (unpaired) electrons. The SMILES string of the molecule is Cc1cccc(-c2nnc3sc(NC(=O)COc4ccccc4C)nn23)c1. The summed E-state index contributed by atoms with van der Waals surface area (Å²) in [5.74, 6) is 1.05. The zero-order valence-electron chi connectivity index (χ0n) is 14.8. The summed E-state index contributed by atoms with van der Waals surface area (Å²) in [6.45, 7) is 3.86. The van der Waals surface area contributed by atoms with Crippen LogP contribution in [0.4, 0.5) is 5.13 Å². The fraction of sp³-hybridized carbons (Fsp3) is 0.158. The quantitative estimate of drug-likeness (QED) is 0.574. The molecule has 0 aliphatic heterocycles. The molecule has 136 valence electrons. The summed E-state index contributed by atoms with van der Waals surface area (Å²) in [6.07, 6.45) is 0. The number of aromatic nitrogens is 4. The first kappa shape index (κ1) is 17.2. The van der Waals surface area contributed by atoms with Gasteiger partial charge in [0.2, 0.25) is 10.1 Å². The predicted molar refractivity (Wildman–Crippen MR) is 104 cm³/mol. The van der Waals surface area contributed by atoms with Gasteiger partial charge < -0.3 is 4.74 Å². The first-order chi connectivity index (χ1) is 13.1. The van der Waals surface area contributed by atoms with Gasteiger partial charge in [-0.2, -0.15) is 4.52 Å². The van der Waals surface area contributed by atoms with Crippen LogP contribution in [-0.4, -0.2) is 32.3 Å². The standard InChI is InChI=1S/C19H17N5O2S/c1-12-6-5-8-14(10-12)17-21-22-19-24(17)23-18(27-19)20-16(25)11-26-15-9-4-3-7-13(15)2/h3-10H,11H2,1-2H3,(H,20,23,25). The lowest BCUT2D eigenvalue weighted by Crippen LogP contribution is -2.20. The smallest absolute Gasteiger partial charge is 0.264 e. The Kier molecular flexibility index (Phi) is 4.55. The number of anilines is 1. The number of fused-ring (bicyclic) bond motifs is 1. The zero-order chi connectivity index (χ0) is 18.8. The van der Waals surface area contributed by atoms with Crippen molar-refractivity contribution in [3.8, 4) is 17.1 Å². The minimum atomic E-state index is -0.277. The van der Waals surface area contributed by atoms with E-state index in [0.29, 0.717) is 21.7 Å². The molecule has 2 aromatic heterocycles. The Labute approximate surface area is 159 Å². The first-order valence-electron chi connectivity index (χ1n) is 8.38. The lowest BCUT2D eigenvalue weighted by atomic mass is 10.1. The highest BCUT2D eigenvalue weighted by Gasteiger charge is 2.15. The molecule has 2 aromatic carbocycles. The summed E-state index contributed by atoms with van der Waals surface area (Å²) in [6, 6.07) is 15.5. The molecule has 0 unspecified atom stereocenters. The Hall–Kier alpha value is -3.26. The monoisotopic (exact) mass is 379 g/mol. The Balaban J connectivity index is 1.48. The van der Waals surface area contributed by atoms with E-state index in [4.69, 9.17) is 4.74 Å². The topological polar surface area (TPSA) is 81.4 Å². The predicted octanol–water partition coefficient (Wildman–Crippen LogP) is 3.49. The summed E-state index contributed by atoms with van der Waals surface area (Å²) in [5, 5.41) is 16.0. The molecule has 0 bridgehead atoms. The second-order valence-corrected chi connectivity index (χ2v) is 7.05. The van der Waals surface area contributed by atoms with Gasteiger partial charge in [0.1, 0.15) is 5.75 Å². The summed E-state index contributed by atoms with van der Waals surface area (Å²) in [7, 11) is 0. The van der Waals surface area contributed by atoms with Gasteiger partial charge in [0, 0.05) is 5.56 Å². The number of aryl methyl sites for hydroxylation is 2. The number of hydrogen-bond donors (Lipinski definition) is 1. The molecule has 7 nitrogen and oxygen atoms in total. The number of nitrogens with one attached hydrogen (secondary N) is 1. The third kappa shape index (κ3) is 3.65. The molecule has 0 saturated heterocycles. The Morgan fingerprint density at radius 2 is 2.00 bits per heavy atom. The largest absolute Gasteiger partial charge is 0.483 e. The normalized spacial score (nSPS) is 10.9. The highest BCUT2D eigenvalue weighted by atomic mass is 32.1. The van der Waals surface area contributed by atoms with E-state index in [9.17, 15) is 4.79 Å². The fourth-order valence-corrected chi connectivity index (χ4v) is 3.40. The fourth-order valence-electron chi connectivity index (χ4n) is 2.65. The maximum Gasteiger partial charge on any atom is 0.264 e. The molecule has 0 aliphatic carbocycles.